The van der Waals surface area contributed by atoms with Crippen LogP contribution in [0.3, 0.4) is 0 Å². The van der Waals surface area contributed by atoms with Crippen LogP contribution in [-0.2, 0) is 4.79 Å². The van der Waals surface area contributed by atoms with Gasteiger partial charge in [0.1, 0.15) is 5.75 Å². The molecule has 1 aromatic rings. The maximum atomic E-state index is 10.5. The van der Waals surface area contributed by atoms with Gasteiger partial charge in [0.2, 0.25) is 0 Å². The first-order valence-electron chi connectivity index (χ1n) is 5.86. The third-order valence-corrected chi connectivity index (χ3v) is 3.09. The SMILES string of the molecule is CCC(C)COc1ccc(Br)cc1C=CC(=O)O. The van der Waals surface area contributed by atoms with Crippen molar-refractivity contribution in [3.63, 3.8) is 0 Å². The predicted octanol–water partition coefficient (Wildman–Crippen LogP) is 3.97. The Morgan fingerprint density at radius 3 is 2.89 bits per heavy atom. The number of carboxylic acids is 1. The van der Waals surface area contributed by atoms with Crippen molar-refractivity contribution in [1.82, 2.24) is 0 Å². The lowest BCUT2D eigenvalue weighted by molar-refractivity contribution is -0.131. The van der Waals surface area contributed by atoms with E-state index in [2.05, 4.69) is 29.8 Å². The largest absolute Gasteiger partial charge is 0.493 e. The van der Waals surface area contributed by atoms with E-state index in [4.69, 9.17) is 9.84 Å². The molecule has 0 aliphatic carbocycles. The normalized spacial score (nSPS) is 12.6. The van der Waals surface area contributed by atoms with Gasteiger partial charge >= 0.3 is 5.97 Å². The minimum absolute atomic E-state index is 0.477. The molecule has 0 spiro atoms. The molecule has 0 aromatic heterocycles. The molecule has 18 heavy (non-hydrogen) atoms. The molecule has 0 aliphatic rings. The van der Waals surface area contributed by atoms with Gasteiger partial charge in [0.15, 0.2) is 0 Å². The Kier molecular flexibility index (Phi) is 5.92. The van der Waals surface area contributed by atoms with Gasteiger partial charge < -0.3 is 9.84 Å². The molecular formula is C14H17BrO3. The zero-order chi connectivity index (χ0) is 13.5. The molecule has 0 radical (unpaired) electrons. The molecule has 1 atom stereocenters. The van der Waals surface area contributed by atoms with Crippen LogP contribution >= 0.6 is 15.9 Å². The number of hydrogen-bond acceptors (Lipinski definition) is 2. The lowest BCUT2D eigenvalue weighted by atomic mass is 10.1. The summed E-state index contributed by atoms with van der Waals surface area (Å²) in [7, 11) is 0. The topological polar surface area (TPSA) is 46.5 Å². The van der Waals surface area contributed by atoms with Crippen molar-refractivity contribution in [2.75, 3.05) is 6.61 Å². The fourth-order valence-corrected chi connectivity index (χ4v) is 1.67. The van der Waals surface area contributed by atoms with Crippen molar-refractivity contribution in [3.8, 4) is 5.75 Å². The van der Waals surface area contributed by atoms with Gasteiger partial charge in [-0.25, -0.2) is 4.79 Å². The van der Waals surface area contributed by atoms with Crippen molar-refractivity contribution in [1.29, 1.82) is 0 Å². The molecule has 1 rings (SSSR count). The molecule has 0 heterocycles. The quantitative estimate of drug-likeness (QED) is 0.808. The highest BCUT2D eigenvalue weighted by Gasteiger charge is 2.05. The van der Waals surface area contributed by atoms with Gasteiger partial charge in [-0.05, 0) is 30.2 Å². The van der Waals surface area contributed by atoms with Crippen LogP contribution in [0.4, 0.5) is 0 Å². The average molecular weight is 313 g/mol. The van der Waals surface area contributed by atoms with E-state index in [0.29, 0.717) is 18.3 Å². The van der Waals surface area contributed by atoms with Crippen LogP contribution < -0.4 is 4.74 Å². The summed E-state index contributed by atoms with van der Waals surface area (Å²) >= 11 is 3.36. The van der Waals surface area contributed by atoms with E-state index in [1.165, 1.54) is 0 Å². The van der Waals surface area contributed by atoms with Crippen molar-refractivity contribution in [2.24, 2.45) is 5.92 Å². The van der Waals surface area contributed by atoms with Gasteiger partial charge in [-0.2, -0.15) is 0 Å². The van der Waals surface area contributed by atoms with Crippen molar-refractivity contribution in [3.05, 3.63) is 34.3 Å². The maximum absolute atomic E-state index is 10.5. The zero-order valence-corrected chi connectivity index (χ0v) is 12.1. The van der Waals surface area contributed by atoms with Crippen molar-refractivity contribution < 1.29 is 14.6 Å². The Balaban J connectivity index is 2.86. The number of carboxylic acid groups (broad SMARTS) is 1. The third kappa shape index (κ3) is 4.92. The van der Waals surface area contributed by atoms with Crippen LogP contribution in [0.15, 0.2) is 28.7 Å². The Bertz CT molecular complexity index is 441. The zero-order valence-electron chi connectivity index (χ0n) is 10.5. The van der Waals surface area contributed by atoms with Crippen LogP contribution in [0.25, 0.3) is 6.08 Å². The predicted molar refractivity (Wildman–Crippen MR) is 75.8 cm³/mol. The lowest BCUT2D eigenvalue weighted by Gasteiger charge is -2.13. The van der Waals surface area contributed by atoms with Crippen LogP contribution in [-0.4, -0.2) is 17.7 Å². The van der Waals surface area contributed by atoms with E-state index in [0.717, 1.165) is 22.5 Å². The first-order valence-corrected chi connectivity index (χ1v) is 6.65. The highest BCUT2D eigenvalue weighted by molar-refractivity contribution is 9.10. The molecule has 0 aliphatic heterocycles. The van der Waals surface area contributed by atoms with E-state index in [1.807, 2.05) is 18.2 Å². The van der Waals surface area contributed by atoms with Gasteiger partial charge in [-0.3, -0.25) is 0 Å². The second kappa shape index (κ2) is 7.21. The van der Waals surface area contributed by atoms with E-state index in [9.17, 15) is 4.79 Å². The standard InChI is InChI=1S/C14H17BrO3/c1-3-10(2)9-18-13-6-5-12(15)8-11(13)4-7-14(16)17/h4-8,10H,3,9H2,1-2H3,(H,16,17). The molecule has 4 heteroatoms. The van der Waals surface area contributed by atoms with Gasteiger partial charge in [-0.1, -0.05) is 36.2 Å². The Morgan fingerprint density at radius 2 is 2.28 bits per heavy atom. The molecule has 0 amide bonds. The molecule has 0 saturated heterocycles. The number of carbonyl (C=O) groups is 1. The van der Waals surface area contributed by atoms with E-state index in [1.54, 1.807) is 6.08 Å². The monoisotopic (exact) mass is 312 g/mol. The Labute approximate surface area is 116 Å². The number of rotatable bonds is 6. The van der Waals surface area contributed by atoms with Gasteiger partial charge in [-0.15, -0.1) is 0 Å². The second-order valence-corrected chi connectivity index (χ2v) is 5.09. The van der Waals surface area contributed by atoms with Gasteiger partial charge in [0, 0.05) is 16.1 Å². The van der Waals surface area contributed by atoms with Crippen LogP contribution in [0.1, 0.15) is 25.8 Å². The molecular weight excluding hydrogens is 296 g/mol. The smallest absolute Gasteiger partial charge is 0.328 e. The van der Waals surface area contributed by atoms with Crippen LogP contribution in [0.2, 0.25) is 0 Å². The fraction of sp³-hybridized carbons (Fsp3) is 0.357. The summed E-state index contributed by atoms with van der Waals surface area (Å²) in [5.74, 6) is 0.212. The molecule has 98 valence electrons. The molecule has 3 nitrogen and oxygen atoms in total. The van der Waals surface area contributed by atoms with Crippen LogP contribution in [0, 0.1) is 5.92 Å². The van der Waals surface area contributed by atoms with Gasteiger partial charge in [0.05, 0.1) is 6.61 Å². The second-order valence-electron chi connectivity index (χ2n) is 4.18. The van der Waals surface area contributed by atoms with Crippen molar-refractivity contribution >= 4 is 28.0 Å². The molecule has 1 unspecified atom stereocenters. The van der Waals surface area contributed by atoms with E-state index < -0.39 is 5.97 Å². The average Bonchev–Trinajstić information content (AvgIpc) is 2.34. The first-order chi connectivity index (χ1) is 8.52. The number of halogens is 1. The van der Waals surface area contributed by atoms with E-state index >= 15 is 0 Å². The molecule has 0 saturated carbocycles. The van der Waals surface area contributed by atoms with E-state index in [-0.39, 0.29) is 0 Å². The number of hydrogen-bond donors (Lipinski definition) is 1. The molecule has 1 N–H and O–H groups in total. The summed E-state index contributed by atoms with van der Waals surface area (Å²) in [4.78, 5) is 10.5. The summed E-state index contributed by atoms with van der Waals surface area (Å²) in [6.07, 6.45) is 3.70. The number of ether oxygens (including phenoxy) is 1. The minimum atomic E-state index is -0.970. The lowest BCUT2D eigenvalue weighted by Crippen LogP contribution is -2.07. The number of benzene rings is 1. The van der Waals surface area contributed by atoms with Crippen LogP contribution in [0.5, 0.6) is 5.75 Å². The van der Waals surface area contributed by atoms with Gasteiger partial charge in [0.25, 0.3) is 0 Å². The fourth-order valence-electron chi connectivity index (χ4n) is 1.29. The maximum Gasteiger partial charge on any atom is 0.328 e. The third-order valence-electron chi connectivity index (χ3n) is 2.60. The molecule has 0 fully saturated rings. The summed E-state index contributed by atoms with van der Waals surface area (Å²) in [5.41, 5.74) is 0.759. The highest BCUT2D eigenvalue weighted by Crippen LogP contribution is 2.25. The summed E-state index contributed by atoms with van der Waals surface area (Å²) in [6.45, 7) is 4.86. The minimum Gasteiger partial charge on any atom is -0.493 e. The highest BCUT2D eigenvalue weighted by atomic mass is 79.9. The summed E-state index contributed by atoms with van der Waals surface area (Å²) < 4.78 is 6.60. The molecule has 0 bridgehead atoms. The summed E-state index contributed by atoms with van der Waals surface area (Å²) in [5, 5.41) is 8.65. The Morgan fingerprint density at radius 1 is 1.56 bits per heavy atom. The molecule has 1 aromatic carbocycles. The summed E-state index contributed by atoms with van der Waals surface area (Å²) in [6, 6.07) is 5.56. The first kappa shape index (κ1) is 14.8. The number of aliphatic carboxylic acids is 1. The Hall–Kier alpha value is -1.29. The van der Waals surface area contributed by atoms with Crippen molar-refractivity contribution in [2.45, 2.75) is 20.3 Å².